The van der Waals surface area contributed by atoms with E-state index in [2.05, 4.69) is 20.2 Å². The summed E-state index contributed by atoms with van der Waals surface area (Å²) in [5.74, 6) is 0.988. The monoisotopic (exact) mass is 446 g/mol. The minimum atomic E-state index is -0.537. The third-order valence-corrected chi connectivity index (χ3v) is 5.62. The molecule has 2 aromatic carbocycles. The third kappa shape index (κ3) is 4.81. The SMILES string of the molecule is COc1ccc2c(Nc3ccc(F)c(Cl)c3OCCCN3CC(OC)C3)ncnc2c1. The number of methoxy groups -OCH3 is 2. The first-order valence-electron chi connectivity index (χ1n) is 10.0. The number of nitrogens with one attached hydrogen (secondary N) is 1. The lowest BCUT2D eigenvalue weighted by Crippen LogP contribution is -2.51. The molecule has 0 aliphatic carbocycles. The Bertz CT molecular complexity index is 1060. The van der Waals surface area contributed by atoms with Gasteiger partial charge < -0.3 is 19.5 Å². The Morgan fingerprint density at radius 2 is 2.03 bits per heavy atom. The molecule has 0 atom stereocenters. The van der Waals surface area contributed by atoms with Crippen molar-refractivity contribution in [3.05, 3.63) is 47.5 Å². The fourth-order valence-corrected chi connectivity index (χ4v) is 3.70. The van der Waals surface area contributed by atoms with Gasteiger partial charge >= 0.3 is 0 Å². The number of halogens is 2. The number of anilines is 2. The van der Waals surface area contributed by atoms with E-state index in [1.165, 1.54) is 12.4 Å². The number of likely N-dealkylation sites (tertiary alicyclic amines) is 1. The summed E-state index contributed by atoms with van der Waals surface area (Å²) in [6.45, 7) is 3.15. The Labute approximate surface area is 185 Å². The molecule has 1 aliphatic heterocycles. The van der Waals surface area contributed by atoms with Crippen molar-refractivity contribution < 1.29 is 18.6 Å². The Morgan fingerprint density at radius 1 is 1.19 bits per heavy atom. The van der Waals surface area contributed by atoms with Crippen molar-refractivity contribution in [2.75, 3.05) is 45.8 Å². The molecule has 0 bridgehead atoms. The van der Waals surface area contributed by atoms with Crippen molar-refractivity contribution in [3.63, 3.8) is 0 Å². The number of rotatable bonds is 9. The maximum absolute atomic E-state index is 14.1. The van der Waals surface area contributed by atoms with Crippen LogP contribution < -0.4 is 14.8 Å². The molecule has 3 aromatic rings. The molecule has 0 spiro atoms. The van der Waals surface area contributed by atoms with Gasteiger partial charge in [0.25, 0.3) is 0 Å². The van der Waals surface area contributed by atoms with Crippen LogP contribution in [-0.2, 0) is 4.74 Å². The Morgan fingerprint density at radius 3 is 2.81 bits per heavy atom. The first-order chi connectivity index (χ1) is 15.1. The molecule has 1 aromatic heterocycles. The summed E-state index contributed by atoms with van der Waals surface area (Å²) >= 11 is 6.22. The van der Waals surface area contributed by atoms with Crippen LogP contribution in [-0.4, -0.2) is 61.4 Å². The van der Waals surface area contributed by atoms with Gasteiger partial charge in [0, 0.05) is 38.2 Å². The van der Waals surface area contributed by atoms with Crippen molar-refractivity contribution in [2.45, 2.75) is 12.5 Å². The highest BCUT2D eigenvalue weighted by atomic mass is 35.5. The second-order valence-corrected chi connectivity index (χ2v) is 7.67. The lowest BCUT2D eigenvalue weighted by molar-refractivity contribution is -0.0305. The predicted molar refractivity (Wildman–Crippen MR) is 118 cm³/mol. The van der Waals surface area contributed by atoms with Gasteiger partial charge in [-0.3, -0.25) is 4.90 Å². The van der Waals surface area contributed by atoms with Crippen LogP contribution in [0.5, 0.6) is 11.5 Å². The van der Waals surface area contributed by atoms with Gasteiger partial charge in [0.1, 0.15) is 28.7 Å². The first-order valence-corrected chi connectivity index (χ1v) is 10.4. The van der Waals surface area contributed by atoms with E-state index in [0.29, 0.717) is 30.0 Å². The van der Waals surface area contributed by atoms with E-state index in [4.69, 9.17) is 25.8 Å². The van der Waals surface area contributed by atoms with E-state index < -0.39 is 5.82 Å². The van der Waals surface area contributed by atoms with Crippen molar-refractivity contribution in [1.29, 1.82) is 0 Å². The fourth-order valence-electron chi connectivity index (χ4n) is 3.48. The lowest BCUT2D eigenvalue weighted by atomic mass is 10.1. The van der Waals surface area contributed by atoms with E-state index in [1.807, 2.05) is 18.2 Å². The average Bonchev–Trinajstić information content (AvgIpc) is 2.76. The first kappa shape index (κ1) is 21.5. The standard InChI is InChI=1S/C22H24ClFN4O3/c1-29-14-4-5-16-19(10-14)25-13-26-22(16)27-18-7-6-17(24)20(23)21(18)31-9-3-8-28-11-15(12-28)30-2/h4-7,10,13,15H,3,8-9,11-12H2,1-2H3,(H,25,26,27). The second-order valence-electron chi connectivity index (χ2n) is 7.29. The molecular weight excluding hydrogens is 423 g/mol. The molecule has 1 N–H and O–H groups in total. The van der Waals surface area contributed by atoms with Crippen molar-refractivity contribution >= 4 is 34.0 Å². The summed E-state index contributed by atoms with van der Waals surface area (Å²) in [5, 5.41) is 3.94. The number of hydrogen-bond donors (Lipinski definition) is 1. The molecule has 0 unspecified atom stereocenters. The molecule has 1 fully saturated rings. The highest BCUT2D eigenvalue weighted by molar-refractivity contribution is 6.32. The van der Waals surface area contributed by atoms with Gasteiger partial charge in [-0.05, 0) is 30.7 Å². The molecule has 0 saturated carbocycles. The van der Waals surface area contributed by atoms with E-state index in [9.17, 15) is 4.39 Å². The van der Waals surface area contributed by atoms with Gasteiger partial charge in [0.2, 0.25) is 0 Å². The van der Waals surface area contributed by atoms with Crippen LogP contribution in [0.3, 0.4) is 0 Å². The average molecular weight is 447 g/mol. The Kier molecular flexibility index (Phi) is 6.70. The second kappa shape index (κ2) is 9.64. The number of aromatic nitrogens is 2. The highest BCUT2D eigenvalue weighted by Gasteiger charge is 2.25. The number of ether oxygens (including phenoxy) is 3. The zero-order valence-electron chi connectivity index (χ0n) is 17.4. The van der Waals surface area contributed by atoms with Gasteiger partial charge in [-0.2, -0.15) is 0 Å². The van der Waals surface area contributed by atoms with Gasteiger partial charge in [0.15, 0.2) is 5.75 Å². The number of nitrogens with zero attached hydrogens (tertiary/aromatic N) is 3. The molecule has 7 nitrogen and oxygen atoms in total. The van der Waals surface area contributed by atoms with Gasteiger partial charge in [0.05, 0.1) is 31.0 Å². The Hall–Kier alpha value is -2.68. The summed E-state index contributed by atoms with van der Waals surface area (Å²) in [4.78, 5) is 10.9. The smallest absolute Gasteiger partial charge is 0.164 e. The third-order valence-electron chi connectivity index (χ3n) is 5.27. The maximum Gasteiger partial charge on any atom is 0.164 e. The molecule has 4 rings (SSSR count). The van der Waals surface area contributed by atoms with E-state index in [1.54, 1.807) is 20.3 Å². The van der Waals surface area contributed by atoms with Crippen molar-refractivity contribution in [1.82, 2.24) is 14.9 Å². The van der Waals surface area contributed by atoms with Gasteiger partial charge in [-0.15, -0.1) is 0 Å². The van der Waals surface area contributed by atoms with Crippen LogP contribution >= 0.6 is 11.6 Å². The van der Waals surface area contributed by atoms with E-state index >= 15 is 0 Å². The van der Waals surface area contributed by atoms with Crippen molar-refractivity contribution in [3.8, 4) is 11.5 Å². The van der Waals surface area contributed by atoms with Crippen LogP contribution in [0.1, 0.15) is 6.42 Å². The summed E-state index contributed by atoms with van der Waals surface area (Å²) in [6.07, 6.45) is 2.56. The van der Waals surface area contributed by atoms with Crippen LogP contribution in [0.2, 0.25) is 5.02 Å². The molecule has 2 heterocycles. The molecule has 1 aliphatic rings. The molecule has 164 valence electrons. The molecule has 9 heteroatoms. The van der Waals surface area contributed by atoms with Gasteiger partial charge in [-0.25, -0.2) is 14.4 Å². The van der Waals surface area contributed by atoms with Gasteiger partial charge in [-0.1, -0.05) is 11.6 Å². The zero-order valence-corrected chi connectivity index (χ0v) is 18.2. The van der Waals surface area contributed by atoms with Crippen LogP contribution in [0.15, 0.2) is 36.7 Å². The van der Waals surface area contributed by atoms with E-state index in [0.717, 1.165) is 37.0 Å². The summed E-state index contributed by atoms with van der Waals surface area (Å²) in [6, 6.07) is 8.40. The van der Waals surface area contributed by atoms with Crippen molar-refractivity contribution in [2.24, 2.45) is 0 Å². The molecule has 1 saturated heterocycles. The van der Waals surface area contributed by atoms with E-state index in [-0.39, 0.29) is 10.8 Å². The molecular formula is C22H24ClFN4O3. The minimum Gasteiger partial charge on any atom is -0.497 e. The highest BCUT2D eigenvalue weighted by Crippen LogP contribution is 2.38. The quantitative estimate of drug-likeness (QED) is 0.492. The molecule has 0 radical (unpaired) electrons. The van der Waals surface area contributed by atoms with Crippen LogP contribution in [0.25, 0.3) is 10.9 Å². The predicted octanol–water partition coefficient (Wildman–Crippen LogP) is 4.27. The zero-order chi connectivity index (χ0) is 21.8. The minimum absolute atomic E-state index is 0.0616. The normalized spacial score (nSPS) is 14.5. The topological polar surface area (TPSA) is 68.7 Å². The number of fused-ring (bicyclic) bond motifs is 1. The number of hydrogen-bond acceptors (Lipinski definition) is 7. The fraction of sp³-hybridized carbons (Fsp3) is 0.364. The van der Waals surface area contributed by atoms with Crippen LogP contribution in [0.4, 0.5) is 15.9 Å². The summed E-state index contributed by atoms with van der Waals surface area (Å²) in [7, 11) is 3.33. The lowest BCUT2D eigenvalue weighted by Gasteiger charge is -2.38. The molecule has 0 amide bonds. The largest absolute Gasteiger partial charge is 0.497 e. The molecule has 31 heavy (non-hydrogen) atoms. The summed E-state index contributed by atoms with van der Waals surface area (Å²) in [5.41, 5.74) is 1.25. The Balaban J connectivity index is 1.48. The van der Waals surface area contributed by atoms with Crippen LogP contribution in [0, 0.1) is 5.82 Å². The maximum atomic E-state index is 14.1. The summed E-state index contributed by atoms with van der Waals surface area (Å²) < 4.78 is 30.5. The number of benzene rings is 2.